The first kappa shape index (κ1) is 11.5. The number of hydrogen-bond donors (Lipinski definition) is 0. The first-order chi connectivity index (χ1) is 5.18. The van der Waals surface area contributed by atoms with Gasteiger partial charge in [0, 0.05) is 14.2 Å². The van der Waals surface area contributed by atoms with Gasteiger partial charge in [-0.15, -0.1) is 0 Å². The Morgan fingerprint density at radius 3 is 2.18 bits per heavy atom. The lowest BCUT2D eigenvalue weighted by molar-refractivity contribution is 0.200. The van der Waals surface area contributed by atoms with Gasteiger partial charge in [-0.05, 0) is 18.2 Å². The molecule has 5 heteroatoms. The van der Waals surface area contributed by atoms with E-state index in [0.29, 0.717) is 6.61 Å². The highest BCUT2D eigenvalue weighted by atomic mass is 32.5. The minimum absolute atomic E-state index is 0.620. The van der Waals surface area contributed by atoms with Crippen LogP contribution in [0, 0.1) is 0 Å². The maximum absolute atomic E-state index is 5.25. The minimum Gasteiger partial charge on any atom is -0.312 e. The molecule has 0 saturated carbocycles. The summed E-state index contributed by atoms with van der Waals surface area (Å²) in [5.74, 6) is 0. The normalized spacial score (nSPS) is 11.9. The van der Waals surface area contributed by atoms with Crippen LogP contribution < -0.4 is 0 Å². The molecule has 0 aliphatic carbocycles. The van der Waals surface area contributed by atoms with Crippen molar-refractivity contribution in [2.45, 2.75) is 19.8 Å². The van der Waals surface area contributed by atoms with Crippen LogP contribution in [0.2, 0.25) is 0 Å². The van der Waals surface area contributed by atoms with Crippen LogP contribution in [0.1, 0.15) is 19.8 Å². The molecule has 0 aromatic carbocycles. The van der Waals surface area contributed by atoms with Crippen LogP contribution in [-0.2, 0) is 25.4 Å². The predicted octanol–water partition coefficient (Wildman–Crippen LogP) is 2.32. The first-order valence-corrected chi connectivity index (χ1v) is 6.10. The molecule has 11 heavy (non-hydrogen) atoms. The van der Waals surface area contributed by atoms with Crippen molar-refractivity contribution < 1.29 is 13.6 Å². The van der Waals surface area contributed by atoms with E-state index in [9.17, 15) is 0 Å². The Morgan fingerprint density at radius 1 is 1.27 bits per heavy atom. The summed E-state index contributed by atoms with van der Waals surface area (Å²) in [7, 11) is 3.02. The highest BCUT2D eigenvalue weighted by molar-refractivity contribution is 8.07. The summed E-state index contributed by atoms with van der Waals surface area (Å²) >= 11 is 4.96. The van der Waals surface area contributed by atoms with Crippen LogP contribution in [0.15, 0.2) is 0 Å². The molecule has 68 valence electrons. The van der Waals surface area contributed by atoms with Crippen molar-refractivity contribution in [3.8, 4) is 0 Å². The zero-order valence-electron chi connectivity index (χ0n) is 7.20. The minimum atomic E-state index is -2.38. The molecular formula is C6H15O3PS. The first-order valence-electron chi connectivity index (χ1n) is 3.54. The second-order valence-corrected chi connectivity index (χ2v) is 5.22. The van der Waals surface area contributed by atoms with E-state index in [2.05, 4.69) is 6.92 Å². The summed E-state index contributed by atoms with van der Waals surface area (Å²) in [6.07, 6.45) is 2.08. The summed E-state index contributed by atoms with van der Waals surface area (Å²) in [4.78, 5) is 0. The molecule has 0 amide bonds. The Balaban J connectivity index is 3.61. The van der Waals surface area contributed by atoms with Crippen LogP contribution in [0.25, 0.3) is 0 Å². The number of unbranched alkanes of at least 4 members (excludes halogenated alkanes) is 1. The molecule has 0 aliphatic heterocycles. The van der Waals surface area contributed by atoms with Gasteiger partial charge in [0.15, 0.2) is 0 Å². The Kier molecular flexibility index (Phi) is 6.38. The third-order valence-electron chi connectivity index (χ3n) is 1.19. The molecule has 0 heterocycles. The lowest BCUT2D eigenvalue weighted by Crippen LogP contribution is -1.95. The maximum Gasteiger partial charge on any atom is 0.326 e. The number of hydrogen-bond acceptors (Lipinski definition) is 4. The summed E-state index contributed by atoms with van der Waals surface area (Å²) < 4.78 is 15.1. The lowest BCUT2D eigenvalue weighted by Gasteiger charge is -2.16. The molecule has 0 spiro atoms. The topological polar surface area (TPSA) is 27.7 Å². The smallest absolute Gasteiger partial charge is 0.312 e. The lowest BCUT2D eigenvalue weighted by atomic mass is 10.4. The molecule has 3 nitrogen and oxygen atoms in total. The van der Waals surface area contributed by atoms with E-state index in [1.54, 1.807) is 0 Å². The van der Waals surface area contributed by atoms with Crippen molar-refractivity contribution in [1.29, 1.82) is 0 Å². The Labute approximate surface area is 73.3 Å². The van der Waals surface area contributed by atoms with Crippen molar-refractivity contribution in [3.05, 3.63) is 0 Å². The van der Waals surface area contributed by atoms with Crippen molar-refractivity contribution in [2.75, 3.05) is 20.8 Å². The zero-order valence-corrected chi connectivity index (χ0v) is 8.91. The molecule has 0 atom stereocenters. The average molecular weight is 198 g/mol. The second kappa shape index (κ2) is 6.09. The van der Waals surface area contributed by atoms with E-state index < -0.39 is 6.72 Å². The summed E-state index contributed by atoms with van der Waals surface area (Å²) in [6.45, 7) is 0.333. The van der Waals surface area contributed by atoms with Gasteiger partial charge >= 0.3 is 6.72 Å². The van der Waals surface area contributed by atoms with Crippen LogP contribution in [0.3, 0.4) is 0 Å². The second-order valence-electron chi connectivity index (χ2n) is 2.00. The zero-order chi connectivity index (χ0) is 8.74. The van der Waals surface area contributed by atoms with E-state index in [1.807, 2.05) is 0 Å². The Bertz CT molecular complexity index is 132. The van der Waals surface area contributed by atoms with Crippen LogP contribution in [-0.4, -0.2) is 20.8 Å². The SMILES string of the molecule is CCCCOP(=S)(OC)OC. The van der Waals surface area contributed by atoms with E-state index in [4.69, 9.17) is 25.4 Å². The van der Waals surface area contributed by atoms with Gasteiger partial charge in [-0.25, -0.2) is 0 Å². The molecule has 0 aliphatic rings. The average Bonchev–Trinajstić information content (AvgIpc) is 2.05. The summed E-state index contributed by atoms with van der Waals surface area (Å²) in [5.41, 5.74) is 0. The van der Waals surface area contributed by atoms with Crippen LogP contribution in [0.4, 0.5) is 0 Å². The summed E-state index contributed by atoms with van der Waals surface area (Å²) in [6, 6.07) is 0. The molecule has 0 radical (unpaired) electrons. The van der Waals surface area contributed by atoms with Gasteiger partial charge in [0.1, 0.15) is 0 Å². The third-order valence-corrected chi connectivity index (χ3v) is 3.80. The molecular weight excluding hydrogens is 183 g/mol. The van der Waals surface area contributed by atoms with Crippen molar-refractivity contribution in [3.63, 3.8) is 0 Å². The van der Waals surface area contributed by atoms with Crippen molar-refractivity contribution in [2.24, 2.45) is 0 Å². The van der Waals surface area contributed by atoms with E-state index in [-0.39, 0.29) is 0 Å². The van der Waals surface area contributed by atoms with E-state index >= 15 is 0 Å². The van der Waals surface area contributed by atoms with Crippen molar-refractivity contribution >= 4 is 18.5 Å². The van der Waals surface area contributed by atoms with Crippen LogP contribution in [0.5, 0.6) is 0 Å². The standard InChI is InChI=1S/C6H15O3PS/c1-4-5-6-9-10(11,7-2)8-3/h4-6H2,1-3H3. The third kappa shape index (κ3) is 4.88. The van der Waals surface area contributed by atoms with Crippen molar-refractivity contribution in [1.82, 2.24) is 0 Å². The van der Waals surface area contributed by atoms with Gasteiger partial charge < -0.3 is 13.6 Å². The largest absolute Gasteiger partial charge is 0.326 e. The van der Waals surface area contributed by atoms with Gasteiger partial charge in [-0.2, -0.15) is 0 Å². The highest BCUT2D eigenvalue weighted by Gasteiger charge is 2.14. The van der Waals surface area contributed by atoms with Gasteiger partial charge in [-0.1, -0.05) is 13.3 Å². The van der Waals surface area contributed by atoms with Gasteiger partial charge in [-0.3, -0.25) is 0 Å². The van der Waals surface area contributed by atoms with E-state index in [0.717, 1.165) is 12.8 Å². The van der Waals surface area contributed by atoms with Crippen LogP contribution >= 0.6 is 6.72 Å². The van der Waals surface area contributed by atoms with Gasteiger partial charge in [0.05, 0.1) is 6.61 Å². The highest BCUT2D eigenvalue weighted by Crippen LogP contribution is 2.47. The fourth-order valence-electron chi connectivity index (χ4n) is 0.501. The predicted molar refractivity (Wildman–Crippen MR) is 49.2 cm³/mol. The van der Waals surface area contributed by atoms with Gasteiger partial charge in [0.2, 0.25) is 0 Å². The monoisotopic (exact) mass is 198 g/mol. The quantitative estimate of drug-likeness (QED) is 0.483. The molecule has 0 bridgehead atoms. The summed E-state index contributed by atoms with van der Waals surface area (Å²) in [5, 5.41) is 0. The van der Waals surface area contributed by atoms with Gasteiger partial charge in [0.25, 0.3) is 0 Å². The molecule has 0 fully saturated rings. The Hall–Kier alpha value is 0.530. The molecule has 0 aromatic rings. The molecule has 0 saturated heterocycles. The number of rotatable bonds is 6. The van der Waals surface area contributed by atoms with E-state index in [1.165, 1.54) is 14.2 Å². The molecule has 0 aromatic heterocycles. The fourth-order valence-corrected chi connectivity index (χ4v) is 1.44. The molecule has 0 unspecified atom stereocenters. The molecule has 0 rings (SSSR count). The maximum atomic E-state index is 5.25. The molecule has 0 N–H and O–H groups in total. The Morgan fingerprint density at radius 2 is 1.82 bits per heavy atom. The fraction of sp³-hybridized carbons (Fsp3) is 1.00.